The summed E-state index contributed by atoms with van der Waals surface area (Å²) < 4.78 is 5.54. The van der Waals surface area contributed by atoms with Crippen molar-refractivity contribution in [2.24, 2.45) is 0 Å². The highest BCUT2D eigenvalue weighted by molar-refractivity contribution is 5.24. The van der Waals surface area contributed by atoms with E-state index in [1.54, 1.807) is 6.20 Å². The Morgan fingerprint density at radius 2 is 2.22 bits per heavy atom. The number of hydrogen-bond acceptors (Lipinski definition) is 4. The van der Waals surface area contributed by atoms with Crippen LogP contribution in [-0.2, 0) is 4.74 Å². The zero-order chi connectivity index (χ0) is 16.1. The van der Waals surface area contributed by atoms with Gasteiger partial charge in [-0.3, -0.25) is 4.90 Å². The summed E-state index contributed by atoms with van der Waals surface area (Å²) in [6, 6.07) is 11.5. The van der Waals surface area contributed by atoms with Crippen molar-refractivity contribution in [2.45, 2.75) is 32.0 Å². The molecule has 3 rings (SSSR count). The number of hydrogen-bond donors (Lipinski definition) is 2. The van der Waals surface area contributed by atoms with Crippen molar-refractivity contribution in [3.63, 3.8) is 0 Å². The Hall–Kier alpha value is -1.69. The fraction of sp³-hybridized carbons (Fsp3) is 0.500. The molecular formula is C18H26N4O. The van der Waals surface area contributed by atoms with E-state index in [2.05, 4.69) is 58.3 Å². The molecule has 1 aromatic carbocycles. The van der Waals surface area contributed by atoms with E-state index in [9.17, 15) is 0 Å². The summed E-state index contributed by atoms with van der Waals surface area (Å²) in [5.41, 5.74) is 1.23. The van der Waals surface area contributed by atoms with Gasteiger partial charge in [-0.1, -0.05) is 30.3 Å². The molecule has 0 radical (unpaired) electrons. The molecule has 1 aromatic heterocycles. The molecule has 2 heterocycles. The first-order valence-electron chi connectivity index (χ1n) is 8.37. The van der Waals surface area contributed by atoms with Crippen LogP contribution in [0, 0.1) is 0 Å². The molecule has 23 heavy (non-hydrogen) atoms. The average molecular weight is 314 g/mol. The van der Waals surface area contributed by atoms with E-state index in [4.69, 9.17) is 4.74 Å². The van der Waals surface area contributed by atoms with Gasteiger partial charge in [0.25, 0.3) is 0 Å². The Kier molecular flexibility index (Phi) is 5.43. The standard InChI is InChI=1S/C18H26N4O/c1-14(22-10-11-23-13-15(22)2)12-21-17(18-19-8-9-20-18)16-6-4-3-5-7-16/h3-9,14-15,17,21H,10-13H2,1-2H3,(H,19,20)/t14-,15+,17-/m1/s1. The van der Waals surface area contributed by atoms with Crippen molar-refractivity contribution in [3.8, 4) is 0 Å². The quantitative estimate of drug-likeness (QED) is 0.858. The van der Waals surface area contributed by atoms with Crippen molar-refractivity contribution < 1.29 is 4.74 Å². The van der Waals surface area contributed by atoms with Gasteiger partial charge in [-0.05, 0) is 19.4 Å². The van der Waals surface area contributed by atoms with E-state index in [1.165, 1.54) is 5.56 Å². The first-order chi connectivity index (χ1) is 11.3. The molecule has 0 spiro atoms. The Morgan fingerprint density at radius 3 is 2.91 bits per heavy atom. The molecule has 0 bridgehead atoms. The smallest absolute Gasteiger partial charge is 0.127 e. The first-order valence-corrected chi connectivity index (χ1v) is 8.37. The predicted octanol–water partition coefficient (Wildman–Crippen LogP) is 2.20. The molecule has 5 heteroatoms. The molecule has 0 saturated carbocycles. The molecule has 3 atom stereocenters. The highest BCUT2D eigenvalue weighted by Crippen LogP contribution is 2.19. The van der Waals surface area contributed by atoms with Crippen LogP contribution >= 0.6 is 0 Å². The number of morpholine rings is 1. The van der Waals surface area contributed by atoms with Crippen LogP contribution in [0.3, 0.4) is 0 Å². The maximum atomic E-state index is 5.54. The number of aromatic amines is 1. The first kappa shape index (κ1) is 16.2. The van der Waals surface area contributed by atoms with Crippen molar-refractivity contribution >= 4 is 0 Å². The van der Waals surface area contributed by atoms with Crippen LogP contribution in [-0.4, -0.2) is 53.3 Å². The van der Waals surface area contributed by atoms with Crippen LogP contribution in [0.15, 0.2) is 42.7 Å². The SMILES string of the molecule is C[C@H](CN[C@H](c1ccccc1)c1ncc[nH]1)N1CCOC[C@@H]1C. The highest BCUT2D eigenvalue weighted by Gasteiger charge is 2.25. The third kappa shape index (κ3) is 3.99. The number of imidazole rings is 1. The maximum absolute atomic E-state index is 5.54. The Balaban J connectivity index is 1.67. The summed E-state index contributed by atoms with van der Waals surface area (Å²) in [7, 11) is 0. The van der Waals surface area contributed by atoms with Crippen LogP contribution in [0.5, 0.6) is 0 Å². The third-order valence-electron chi connectivity index (χ3n) is 4.53. The van der Waals surface area contributed by atoms with Crippen LogP contribution in [0.1, 0.15) is 31.3 Å². The van der Waals surface area contributed by atoms with Gasteiger partial charge in [-0.15, -0.1) is 0 Å². The van der Waals surface area contributed by atoms with Crippen molar-refractivity contribution in [1.82, 2.24) is 20.2 Å². The molecule has 0 amide bonds. The highest BCUT2D eigenvalue weighted by atomic mass is 16.5. The normalized spacial score (nSPS) is 21.9. The summed E-state index contributed by atoms with van der Waals surface area (Å²) in [6.07, 6.45) is 3.68. The van der Waals surface area contributed by atoms with Gasteiger partial charge in [0.15, 0.2) is 0 Å². The zero-order valence-corrected chi connectivity index (χ0v) is 13.9. The van der Waals surface area contributed by atoms with Crippen molar-refractivity contribution in [3.05, 3.63) is 54.1 Å². The number of ether oxygens (including phenoxy) is 1. The molecule has 2 aromatic rings. The molecule has 2 N–H and O–H groups in total. The lowest BCUT2D eigenvalue weighted by Crippen LogP contribution is -2.51. The number of aromatic nitrogens is 2. The van der Waals surface area contributed by atoms with Gasteiger partial charge in [0.1, 0.15) is 5.82 Å². The van der Waals surface area contributed by atoms with E-state index in [0.29, 0.717) is 12.1 Å². The van der Waals surface area contributed by atoms with Gasteiger partial charge in [0, 0.05) is 37.6 Å². The molecule has 0 unspecified atom stereocenters. The van der Waals surface area contributed by atoms with Gasteiger partial charge < -0.3 is 15.0 Å². The Bertz CT molecular complexity index is 572. The second-order valence-electron chi connectivity index (χ2n) is 6.24. The van der Waals surface area contributed by atoms with Gasteiger partial charge in [0.2, 0.25) is 0 Å². The lowest BCUT2D eigenvalue weighted by Gasteiger charge is -2.38. The topological polar surface area (TPSA) is 53.2 Å². The lowest BCUT2D eigenvalue weighted by molar-refractivity contribution is -0.0184. The van der Waals surface area contributed by atoms with E-state index in [0.717, 1.165) is 32.1 Å². The van der Waals surface area contributed by atoms with Crippen LogP contribution in [0.2, 0.25) is 0 Å². The van der Waals surface area contributed by atoms with E-state index >= 15 is 0 Å². The molecule has 5 nitrogen and oxygen atoms in total. The van der Waals surface area contributed by atoms with E-state index in [1.807, 2.05) is 12.3 Å². The molecular weight excluding hydrogens is 288 g/mol. The second kappa shape index (κ2) is 7.73. The minimum atomic E-state index is 0.0880. The fourth-order valence-corrected chi connectivity index (χ4v) is 3.25. The summed E-state index contributed by atoms with van der Waals surface area (Å²) in [5, 5.41) is 3.68. The van der Waals surface area contributed by atoms with Crippen molar-refractivity contribution in [1.29, 1.82) is 0 Å². The summed E-state index contributed by atoms with van der Waals surface area (Å²) in [4.78, 5) is 10.2. The van der Waals surface area contributed by atoms with Gasteiger partial charge >= 0.3 is 0 Å². The molecule has 1 aliphatic rings. The summed E-state index contributed by atoms with van der Waals surface area (Å²) in [5.74, 6) is 0.957. The molecule has 124 valence electrons. The van der Waals surface area contributed by atoms with E-state index < -0.39 is 0 Å². The predicted molar refractivity (Wildman–Crippen MR) is 91.3 cm³/mol. The largest absolute Gasteiger partial charge is 0.379 e. The Labute approximate surface area is 138 Å². The minimum Gasteiger partial charge on any atom is -0.379 e. The van der Waals surface area contributed by atoms with Gasteiger partial charge in [-0.2, -0.15) is 0 Å². The second-order valence-corrected chi connectivity index (χ2v) is 6.24. The van der Waals surface area contributed by atoms with Gasteiger partial charge in [-0.25, -0.2) is 4.98 Å². The number of rotatable bonds is 6. The average Bonchev–Trinajstić information content (AvgIpc) is 3.10. The van der Waals surface area contributed by atoms with Crippen LogP contribution < -0.4 is 5.32 Å². The Morgan fingerprint density at radius 1 is 1.39 bits per heavy atom. The molecule has 1 saturated heterocycles. The number of nitrogens with zero attached hydrogens (tertiary/aromatic N) is 2. The van der Waals surface area contributed by atoms with Gasteiger partial charge in [0.05, 0.1) is 19.3 Å². The molecule has 1 aliphatic heterocycles. The lowest BCUT2D eigenvalue weighted by atomic mass is 10.1. The zero-order valence-electron chi connectivity index (χ0n) is 13.9. The number of benzene rings is 1. The molecule has 1 fully saturated rings. The minimum absolute atomic E-state index is 0.0880. The third-order valence-corrected chi connectivity index (χ3v) is 4.53. The fourth-order valence-electron chi connectivity index (χ4n) is 3.25. The summed E-state index contributed by atoms with van der Waals surface area (Å²) >= 11 is 0. The number of H-pyrrole nitrogens is 1. The summed E-state index contributed by atoms with van der Waals surface area (Å²) in [6.45, 7) is 8.07. The maximum Gasteiger partial charge on any atom is 0.127 e. The van der Waals surface area contributed by atoms with Crippen LogP contribution in [0.4, 0.5) is 0 Å². The van der Waals surface area contributed by atoms with Crippen LogP contribution in [0.25, 0.3) is 0 Å². The van der Waals surface area contributed by atoms with Crippen molar-refractivity contribution in [2.75, 3.05) is 26.3 Å². The monoisotopic (exact) mass is 314 g/mol. The molecule has 0 aliphatic carbocycles. The van der Waals surface area contributed by atoms with E-state index in [-0.39, 0.29) is 6.04 Å². The number of nitrogens with one attached hydrogen (secondary N) is 2.